The van der Waals surface area contributed by atoms with Gasteiger partial charge in [-0.1, -0.05) is 23.4 Å². The summed E-state index contributed by atoms with van der Waals surface area (Å²) in [5, 5.41) is 13.6. The van der Waals surface area contributed by atoms with E-state index in [1.54, 1.807) is 43.3 Å². The van der Waals surface area contributed by atoms with Gasteiger partial charge in [-0.15, -0.1) is 0 Å². The summed E-state index contributed by atoms with van der Waals surface area (Å²) >= 11 is 7.00. The zero-order valence-corrected chi connectivity index (χ0v) is 17.8. The number of carbonyl (C=O) groups is 2. The van der Waals surface area contributed by atoms with Crippen LogP contribution in [0, 0.1) is 17.2 Å². The number of amides is 1. The minimum atomic E-state index is -0.760. The molecule has 2 aromatic rings. The number of aliphatic imine (C=N–C) groups is 1. The summed E-state index contributed by atoms with van der Waals surface area (Å²) in [7, 11) is 1.29. The van der Waals surface area contributed by atoms with Gasteiger partial charge in [0.05, 0.1) is 42.6 Å². The predicted molar refractivity (Wildman–Crippen MR) is 115 cm³/mol. The number of rotatable bonds is 6. The lowest BCUT2D eigenvalue weighted by molar-refractivity contribution is -0.137. The van der Waals surface area contributed by atoms with Crippen LogP contribution < -0.4 is 5.32 Å². The molecule has 1 amide bonds. The van der Waals surface area contributed by atoms with E-state index in [0.29, 0.717) is 27.2 Å². The van der Waals surface area contributed by atoms with Crippen molar-refractivity contribution in [2.24, 2.45) is 10.9 Å². The van der Waals surface area contributed by atoms with Crippen molar-refractivity contribution >= 4 is 46.6 Å². The fraction of sp³-hybridized carbons (Fsp3) is 0.238. The molecule has 0 fully saturated rings. The molecule has 9 heteroatoms. The van der Waals surface area contributed by atoms with Crippen LogP contribution in [-0.2, 0) is 14.3 Å². The molecule has 0 saturated carbocycles. The van der Waals surface area contributed by atoms with Gasteiger partial charge in [-0.25, -0.2) is 4.99 Å². The van der Waals surface area contributed by atoms with E-state index in [0.717, 1.165) is 11.8 Å². The number of methoxy groups -OCH3 is 1. The van der Waals surface area contributed by atoms with Gasteiger partial charge in [-0.3, -0.25) is 9.59 Å². The van der Waals surface area contributed by atoms with Crippen molar-refractivity contribution in [2.75, 3.05) is 18.2 Å². The predicted octanol–water partition coefficient (Wildman–Crippen LogP) is 4.39. The molecule has 3 rings (SSSR count). The first-order valence-corrected chi connectivity index (χ1v) is 10.3. The Morgan fingerprint density at radius 2 is 2.07 bits per heavy atom. The molecule has 1 N–H and O–H groups in total. The molecule has 0 aliphatic carbocycles. The summed E-state index contributed by atoms with van der Waals surface area (Å²) in [6.07, 6.45) is 1.49. The number of nitrogens with zero attached hydrogens (tertiary/aromatic N) is 2. The van der Waals surface area contributed by atoms with Crippen molar-refractivity contribution < 1.29 is 18.7 Å². The molecule has 154 valence electrons. The zero-order chi connectivity index (χ0) is 21.7. The Morgan fingerprint density at radius 3 is 2.67 bits per heavy atom. The average molecular weight is 444 g/mol. The van der Waals surface area contributed by atoms with Gasteiger partial charge in [0.15, 0.2) is 0 Å². The molecule has 1 aromatic heterocycles. The smallest absolute Gasteiger partial charge is 0.316 e. The van der Waals surface area contributed by atoms with Gasteiger partial charge in [-0.05, 0) is 43.3 Å². The van der Waals surface area contributed by atoms with Gasteiger partial charge in [0.25, 0.3) is 0 Å². The molecule has 2 atom stereocenters. The van der Waals surface area contributed by atoms with Crippen molar-refractivity contribution in [2.45, 2.75) is 12.8 Å². The van der Waals surface area contributed by atoms with Gasteiger partial charge < -0.3 is 14.5 Å². The molecule has 0 saturated heterocycles. The number of nitrogens with one attached hydrogen (secondary N) is 1. The first-order valence-electron chi connectivity index (χ1n) is 8.93. The number of halogens is 1. The Morgan fingerprint density at radius 1 is 1.33 bits per heavy atom. The number of nitriles is 1. The number of ether oxygens (including phenoxy) is 1. The van der Waals surface area contributed by atoms with Gasteiger partial charge in [0.2, 0.25) is 5.91 Å². The molecule has 0 bridgehead atoms. The van der Waals surface area contributed by atoms with Crippen LogP contribution in [0.5, 0.6) is 0 Å². The van der Waals surface area contributed by atoms with E-state index in [9.17, 15) is 14.9 Å². The van der Waals surface area contributed by atoms with E-state index >= 15 is 0 Å². The monoisotopic (exact) mass is 443 g/mol. The average Bonchev–Trinajstić information content (AvgIpc) is 3.27. The maximum Gasteiger partial charge on any atom is 0.316 e. The molecular formula is C21H18ClN3O4S. The van der Waals surface area contributed by atoms with E-state index < -0.39 is 17.8 Å². The quantitative estimate of drug-likeness (QED) is 0.664. The highest BCUT2D eigenvalue weighted by atomic mass is 35.5. The maximum absolute atomic E-state index is 13.2. The van der Waals surface area contributed by atoms with Gasteiger partial charge in [0, 0.05) is 16.4 Å². The second-order valence-electron chi connectivity index (χ2n) is 6.42. The summed E-state index contributed by atoms with van der Waals surface area (Å²) in [5.41, 5.74) is 1.35. The lowest BCUT2D eigenvalue weighted by atomic mass is 9.79. The van der Waals surface area contributed by atoms with Crippen molar-refractivity contribution in [3.05, 3.63) is 64.0 Å². The lowest BCUT2D eigenvalue weighted by Gasteiger charge is -2.29. The zero-order valence-electron chi connectivity index (χ0n) is 16.2. The number of esters is 1. The Kier molecular flexibility index (Phi) is 6.98. The third-order valence-electron chi connectivity index (χ3n) is 4.52. The summed E-state index contributed by atoms with van der Waals surface area (Å²) in [5.74, 6) is -1.73. The molecular weight excluding hydrogens is 426 g/mol. The minimum absolute atomic E-state index is 0.000303. The highest BCUT2D eigenvalue weighted by Crippen LogP contribution is 2.42. The minimum Gasteiger partial charge on any atom is -0.469 e. The number of benzene rings is 1. The second-order valence-corrected chi connectivity index (χ2v) is 7.82. The van der Waals surface area contributed by atoms with E-state index in [2.05, 4.69) is 21.1 Å². The standard InChI is InChI=1S/C21H18ClN3O4S/c1-12-18(20(27)25-14-7-5-13(22)6-8-14)19(16-4-3-9-29-16)15(10-23)21(24-12)30-11-17(26)28-2/h3-9,18-19H,11H2,1-2H3,(H,25,27)/t18?,19-/m0/s1. The number of allylic oxidation sites excluding steroid dienone is 1. The number of hydrogen-bond donors (Lipinski definition) is 1. The number of carbonyl (C=O) groups excluding carboxylic acids is 2. The Bertz CT molecular complexity index is 1040. The molecule has 30 heavy (non-hydrogen) atoms. The summed E-state index contributed by atoms with van der Waals surface area (Å²) in [4.78, 5) is 29.2. The number of thioether (sulfide) groups is 1. The molecule has 7 nitrogen and oxygen atoms in total. The molecule has 1 aliphatic heterocycles. The molecule has 1 aromatic carbocycles. The Hall–Kier alpha value is -3.02. The highest BCUT2D eigenvalue weighted by molar-refractivity contribution is 8.03. The van der Waals surface area contributed by atoms with Gasteiger partial charge in [-0.2, -0.15) is 5.26 Å². The first-order chi connectivity index (χ1) is 14.4. The van der Waals surface area contributed by atoms with Gasteiger partial charge in [0.1, 0.15) is 10.8 Å². The third kappa shape index (κ3) is 4.75. The van der Waals surface area contributed by atoms with Crippen LogP contribution in [0.2, 0.25) is 5.02 Å². The van der Waals surface area contributed by atoms with E-state index in [1.807, 2.05) is 0 Å². The molecule has 2 heterocycles. The summed E-state index contributed by atoms with van der Waals surface area (Å²) < 4.78 is 10.2. The number of furan rings is 1. The van der Waals surface area contributed by atoms with Crippen molar-refractivity contribution in [1.29, 1.82) is 5.26 Å². The Labute approximate surface area is 182 Å². The van der Waals surface area contributed by atoms with Crippen LogP contribution in [0.3, 0.4) is 0 Å². The molecule has 1 aliphatic rings. The van der Waals surface area contributed by atoms with E-state index in [-0.39, 0.29) is 17.2 Å². The van der Waals surface area contributed by atoms with E-state index in [4.69, 9.17) is 16.0 Å². The van der Waals surface area contributed by atoms with Crippen LogP contribution in [0.15, 0.2) is 62.7 Å². The fourth-order valence-corrected chi connectivity index (χ4v) is 4.15. The van der Waals surface area contributed by atoms with Crippen LogP contribution in [0.4, 0.5) is 5.69 Å². The van der Waals surface area contributed by atoms with Crippen molar-refractivity contribution in [1.82, 2.24) is 0 Å². The van der Waals surface area contributed by atoms with Gasteiger partial charge >= 0.3 is 5.97 Å². The fourth-order valence-electron chi connectivity index (χ4n) is 3.11. The molecule has 0 radical (unpaired) electrons. The SMILES string of the molecule is COC(=O)CSC1=C(C#N)[C@@H](c2ccco2)C(C(=O)Nc2ccc(Cl)cc2)C(C)=N1. The number of hydrogen-bond acceptors (Lipinski definition) is 7. The second kappa shape index (κ2) is 9.65. The molecule has 0 spiro atoms. The summed E-state index contributed by atoms with van der Waals surface area (Å²) in [6.45, 7) is 1.72. The molecule has 1 unspecified atom stereocenters. The normalized spacial score (nSPS) is 18.4. The van der Waals surface area contributed by atoms with Crippen molar-refractivity contribution in [3.63, 3.8) is 0 Å². The van der Waals surface area contributed by atoms with Crippen LogP contribution in [-0.4, -0.2) is 30.5 Å². The van der Waals surface area contributed by atoms with Crippen LogP contribution in [0.1, 0.15) is 18.6 Å². The first kappa shape index (κ1) is 21.7. The summed E-state index contributed by atoms with van der Waals surface area (Å²) in [6, 6.07) is 12.3. The van der Waals surface area contributed by atoms with E-state index in [1.165, 1.54) is 13.4 Å². The lowest BCUT2D eigenvalue weighted by Crippen LogP contribution is -2.36. The maximum atomic E-state index is 13.2. The van der Waals surface area contributed by atoms with Crippen LogP contribution in [0.25, 0.3) is 0 Å². The van der Waals surface area contributed by atoms with Crippen molar-refractivity contribution in [3.8, 4) is 6.07 Å². The third-order valence-corrected chi connectivity index (χ3v) is 5.74. The number of anilines is 1. The highest BCUT2D eigenvalue weighted by Gasteiger charge is 2.41. The van der Waals surface area contributed by atoms with Crippen LogP contribution >= 0.6 is 23.4 Å². The Balaban J connectivity index is 1.96. The largest absolute Gasteiger partial charge is 0.469 e. The topological polar surface area (TPSA) is 105 Å².